The molecule has 4 atom stereocenters. The van der Waals surface area contributed by atoms with Gasteiger partial charge >= 0.3 is 6.09 Å². The third kappa shape index (κ3) is 8.66. The molecule has 2 fully saturated rings. The molecule has 3 aromatic rings. The molecule has 3 aromatic carbocycles. The molecule has 4 unspecified atom stereocenters. The summed E-state index contributed by atoms with van der Waals surface area (Å²) in [6.07, 6.45) is 1.07. The molecule has 0 bridgehead atoms. The van der Waals surface area contributed by atoms with Crippen LogP contribution in [0.4, 0.5) is 23.7 Å². The van der Waals surface area contributed by atoms with Gasteiger partial charge in [-0.1, -0.05) is 30.3 Å². The Labute approximate surface area is 290 Å². The molecule has 270 valence electrons. The molecule has 0 aliphatic carbocycles. The molecule has 0 aromatic heterocycles. The van der Waals surface area contributed by atoms with Crippen molar-refractivity contribution in [2.75, 3.05) is 38.7 Å². The van der Waals surface area contributed by atoms with E-state index in [4.69, 9.17) is 9.47 Å². The first-order valence-corrected chi connectivity index (χ1v) is 18.2. The Kier molecular flexibility index (Phi) is 12.5. The average Bonchev–Trinajstić information content (AvgIpc) is 3.11. The number of hydrogen-bond acceptors (Lipinski definition) is 7. The molecular formula is C36H43F3N4O6S. The van der Waals surface area contributed by atoms with Gasteiger partial charge in [-0.05, 0) is 86.9 Å². The lowest BCUT2D eigenvalue weighted by molar-refractivity contribution is -0.119. The largest absolute Gasteiger partial charge is 0.453 e. The number of amides is 2. The van der Waals surface area contributed by atoms with Gasteiger partial charge in [-0.2, -0.15) is 4.31 Å². The first-order valence-electron chi connectivity index (χ1n) is 16.8. The maximum absolute atomic E-state index is 15.4. The number of hydrogen-bond donors (Lipinski definition) is 3. The number of carbonyl (C=O) groups excluding carboxylic acids is 2. The summed E-state index contributed by atoms with van der Waals surface area (Å²) in [4.78, 5) is 26.9. The Bertz CT molecular complexity index is 1740. The summed E-state index contributed by atoms with van der Waals surface area (Å²) in [6, 6.07) is 13.9. The summed E-state index contributed by atoms with van der Waals surface area (Å²) in [5.74, 6) is -4.47. The summed E-state index contributed by atoms with van der Waals surface area (Å²) in [7, 11) is -2.65. The van der Waals surface area contributed by atoms with Gasteiger partial charge in [-0.25, -0.2) is 26.4 Å². The van der Waals surface area contributed by atoms with Gasteiger partial charge in [0.25, 0.3) is 0 Å². The molecular weight excluding hydrogens is 673 g/mol. The zero-order chi connectivity index (χ0) is 35.8. The fraction of sp³-hybridized carbons (Fsp3) is 0.444. The number of benzene rings is 3. The minimum absolute atomic E-state index is 0.173. The van der Waals surface area contributed by atoms with Crippen molar-refractivity contribution in [2.24, 2.45) is 5.92 Å². The molecule has 0 radical (unpaired) electrons. The molecule has 3 N–H and O–H groups in total. The summed E-state index contributed by atoms with van der Waals surface area (Å²) < 4.78 is 83.0. The van der Waals surface area contributed by atoms with E-state index < -0.39 is 57.5 Å². The van der Waals surface area contributed by atoms with Gasteiger partial charge in [-0.15, -0.1) is 0 Å². The zero-order valence-corrected chi connectivity index (χ0v) is 28.9. The van der Waals surface area contributed by atoms with E-state index in [9.17, 15) is 26.8 Å². The van der Waals surface area contributed by atoms with Crippen LogP contribution in [0.3, 0.4) is 0 Å². The van der Waals surface area contributed by atoms with E-state index in [1.165, 1.54) is 22.5 Å². The molecule has 2 aliphatic heterocycles. The van der Waals surface area contributed by atoms with E-state index in [1.807, 2.05) is 6.92 Å². The Balaban J connectivity index is 1.38. The lowest BCUT2D eigenvalue weighted by Gasteiger charge is -2.40. The number of rotatable bonds is 12. The van der Waals surface area contributed by atoms with E-state index in [0.717, 1.165) is 19.2 Å². The number of methoxy groups -OCH3 is 1. The van der Waals surface area contributed by atoms with E-state index in [0.29, 0.717) is 57.6 Å². The summed E-state index contributed by atoms with van der Waals surface area (Å²) in [5.41, 5.74) is 0.686. The number of nitrogens with zero attached hydrogens (tertiary/aromatic N) is 1. The number of alkyl carbamates (subject to hydrolysis) is 1. The monoisotopic (exact) mass is 716 g/mol. The van der Waals surface area contributed by atoms with Crippen molar-refractivity contribution in [3.8, 4) is 0 Å². The van der Waals surface area contributed by atoms with Gasteiger partial charge in [0.15, 0.2) is 11.6 Å². The molecule has 0 saturated carbocycles. The standard InChI is InChI=1S/C36H43F3N4O6S/c1-23-21-40-22-26(43(23)50(46,47)27-9-4-3-5-10-27)8-6-11-28-29(37)12-7-13-32(28)41-35(44)34(42-36(45)48-2)33(24-16-18-49-19-17-24)25-14-15-30(38)31(39)20-25/h3-5,7,9-10,12-15,20,23-24,26,33-34,40H,6,8,11,16-19,21-22H2,1-2H3,(H,41,44)(H,42,45). The summed E-state index contributed by atoms with van der Waals surface area (Å²) >= 11 is 0. The maximum Gasteiger partial charge on any atom is 0.407 e. The molecule has 2 saturated heterocycles. The van der Waals surface area contributed by atoms with Crippen molar-refractivity contribution >= 4 is 27.7 Å². The fourth-order valence-corrected chi connectivity index (χ4v) is 8.93. The lowest BCUT2D eigenvalue weighted by atomic mass is 9.76. The van der Waals surface area contributed by atoms with Gasteiger partial charge < -0.3 is 25.4 Å². The minimum atomic E-state index is -3.79. The van der Waals surface area contributed by atoms with Gasteiger partial charge in [0.05, 0.1) is 12.0 Å². The van der Waals surface area contributed by atoms with Crippen molar-refractivity contribution in [3.05, 3.63) is 95.3 Å². The van der Waals surface area contributed by atoms with Crippen molar-refractivity contribution < 1.29 is 40.7 Å². The highest BCUT2D eigenvalue weighted by molar-refractivity contribution is 7.89. The van der Waals surface area contributed by atoms with Crippen LogP contribution in [0.2, 0.25) is 0 Å². The van der Waals surface area contributed by atoms with Crippen LogP contribution in [-0.2, 0) is 30.7 Å². The maximum atomic E-state index is 15.4. The molecule has 10 nitrogen and oxygen atoms in total. The average molecular weight is 717 g/mol. The van der Waals surface area contributed by atoms with Crippen LogP contribution in [-0.4, -0.2) is 76.3 Å². The predicted molar refractivity (Wildman–Crippen MR) is 182 cm³/mol. The van der Waals surface area contributed by atoms with E-state index in [2.05, 4.69) is 16.0 Å². The predicted octanol–water partition coefficient (Wildman–Crippen LogP) is 5.35. The molecule has 5 rings (SSSR count). The van der Waals surface area contributed by atoms with E-state index >= 15 is 4.39 Å². The summed E-state index contributed by atoms with van der Waals surface area (Å²) in [6.45, 7) is 3.52. The van der Waals surface area contributed by atoms with Crippen LogP contribution in [0.15, 0.2) is 71.6 Å². The van der Waals surface area contributed by atoms with Crippen LogP contribution >= 0.6 is 0 Å². The first kappa shape index (κ1) is 37.3. The van der Waals surface area contributed by atoms with Crippen molar-refractivity contribution in [3.63, 3.8) is 0 Å². The van der Waals surface area contributed by atoms with Crippen molar-refractivity contribution in [1.82, 2.24) is 14.9 Å². The van der Waals surface area contributed by atoms with Gasteiger partial charge in [0, 0.05) is 55.6 Å². The number of anilines is 1. The van der Waals surface area contributed by atoms with Crippen LogP contribution in [0.25, 0.3) is 0 Å². The molecule has 50 heavy (non-hydrogen) atoms. The minimum Gasteiger partial charge on any atom is -0.453 e. The van der Waals surface area contributed by atoms with Crippen molar-refractivity contribution in [1.29, 1.82) is 0 Å². The third-order valence-corrected chi connectivity index (χ3v) is 11.6. The number of halogens is 3. The second kappa shape index (κ2) is 16.8. The third-order valence-electron chi connectivity index (χ3n) is 9.48. The van der Waals surface area contributed by atoms with E-state index in [-0.39, 0.29) is 34.5 Å². The second-order valence-corrected chi connectivity index (χ2v) is 14.6. The Hall–Kier alpha value is -3.98. The number of ether oxygens (including phenoxy) is 2. The highest BCUT2D eigenvalue weighted by Crippen LogP contribution is 2.37. The highest BCUT2D eigenvalue weighted by Gasteiger charge is 2.39. The Morgan fingerprint density at radius 2 is 1.72 bits per heavy atom. The molecule has 2 heterocycles. The smallest absolute Gasteiger partial charge is 0.407 e. The van der Waals surface area contributed by atoms with Crippen LogP contribution in [0.5, 0.6) is 0 Å². The molecule has 2 aliphatic rings. The SMILES string of the molecule is COC(=O)NC(C(=O)Nc1cccc(F)c1CCCC1CNCC(C)N1S(=O)(=O)c1ccccc1)C(c1ccc(F)c(F)c1)C1CCOCC1. The Morgan fingerprint density at radius 3 is 2.42 bits per heavy atom. The molecule has 2 amide bonds. The summed E-state index contributed by atoms with van der Waals surface area (Å²) in [5, 5.41) is 8.65. The molecule has 14 heteroatoms. The van der Waals surface area contributed by atoms with Crippen LogP contribution in [0.1, 0.15) is 49.7 Å². The lowest BCUT2D eigenvalue weighted by Crippen LogP contribution is -2.58. The fourth-order valence-electron chi connectivity index (χ4n) is 7.07. The highest BCUT2D eigenvalue weighted by atomic mass is 32.2. The Morgan fingerprint density at radius 1 is 0.980 bits per heavy atom. The topological polar surface area (TPSA) is 126 Å². The quantitative estimate of drug-likeness (QED) is 0.231. The van der Waals surface area contributed by atoms with Crippen LogP contribution in [0, 0.1) is 23.4 Å². The number of carbonyl (C=O) groups is 2. The zero-order valence-electron chi connectivity index (χ0n) is 28.0. The van der Waals surface area contributed by atoms with Gasteiger partial charge in [-0.3, -0.25) is 4.79 Å². The van der Waals surface area contributed by atoms with Crippen molar-refractivity contribution in [2.45, 2.75) is 68.0 Å². The van der Waals surface area contributed by atoms with Crippen LogP contribution < -0.4 is 16.0 Å². The van der Waals surface area contributed by atoms with E-state index in [1.54, 1.807) is 36.4 Å². The number of nitrogens with one attached hydrogen (secondary N) is 3. The van der Waals surface area contributed by atoms with Gasteiger partial charge in [0.1, 0.15) is 11.9 Å². The second-order valence-electron chi connectivity index (χ2n) is 12.7. The number of piperazine rings is 1. The first-order chi connectivity index (χ1) is 24.0. The number of sulfonamides is 1. The normalized spacial score (nSPS) is 20.1. The van der Waals surface area contributed by atoms with Gasteiger partial charge in [0.2, 0.25) is 15.9 Å². The molecule has 0 spiro atoms.